The molecule has 1 fully saturated rings. The average Bonchev–Trinajstić information content (AvgIpc) is 3.14. The zero-order valence-corrected chi connectivity index (χ0v) is 14.8. The summed E-state index contributed by atoms with van der Waals surface area (Å²) in [6.45, 7) is 4.10. The van der Waals surface area contributed by atoms with Gasteiger partial charge < -0.3 is 9.80 Å². The summed E-state index contributed by atoms with van der Waals surface area (Å²) in [7, 11) is 2.17. The van der Waals surface area contributed by atoms with Crippen LogP contribution in [0.25, 0.3) is 27.5 Å². The molecule has 0 saturated carbocycles. The number of pyridine rings is 1. The molecule has 0 unspecified atom stereocenters. The van der Waals surface area contributed by atoms with Crippen molar-refractivity contribution in [1.29, 1.82) is 0 Å². The van der Waals surface area contributed by atoms with Crippen LogP contribution in [0, 0.1) is 0 Å². The van der Waals surface area contributed by atoms with Crippen LogP contribution in [-0.2, 0) is 0 Å². The number of hydrogen-bond donors (Lipinski definition) is 0. The standard InChI is InChI=1S/C21H21N5/c1-24-11-13-25(14-12-24)21-18-15-26(16-7-3-2-4-8-16)23-20(18)17-9-5-6-10-19(17)22-21/h2-10,15H,11-14H2,1H3. The molecule has 4 aromatic rings. The minimum atomic E-state index is 0.994. The second-order valence-electron chi connectivity index (χ2n) is 6.91. The Hall–Kier alpha value is -2.92. The first kappa shape index (κ1) is 15.3. The summed E-state index contributed by atoms with van der Waals surface area (Å²) in [5, 5.41) is 7.15. The zero-order chi connectivity index (χ0) is 17.5. The summed E-state index contributed by atoms with van der Waals surface area (Å²) in [5.41, 5.74) is 3.10. The van der Waals surface area contributed by atoms with Crippen LogP contribution in [0.2, 0.25) is 0 Å². The van der Waals surface area contributed by atoms with E-state index in [0.29, 0.717) is 0 Å². The molecule has 0 amide bonds. The van der Waals surface area contributed by atoms with Gasteiger partial charge in [-0.1, -0.05) is 36.4 Å². The molecule has 0 spiro atoms. The first-order valence-corrected chi connectivity index (χ1v) is 9.07. The maximum absolute atomic E-state index is 5.01. The number of anilines is 1. The van der Waals surface area contributed by atoms with E-state index in [1.807, 2.05) is 28.9 Å². The molecule has 1 saturated heterocycles. The van der Waals surface area contributed by atoms with Gasteiger partial charge in [-0.05, 0) is 25.2 Å². The number of fused-ring (bicyclic) bond motifs is 3. The molecule has 5 rings (SSSR count). The predicted octanol–water partition coefficient (Wildman–Crippen LogP) is 3.33. The van der Waals surface area contributed by atoms with Crippen LogP contribution in [0.5, 0.6) is 0 Å². The maximum atomic E-state index is 5.01. The van der Waals surface area contributed by atoms with Crippen LogP contribution >= 0.6 is 0 Å². The number of nitrogens with zero attached hydrogens (tertiary/aromatic N) is 5. The lowest BCUT2D eigenvalue weighted by Gasteiger charge is -2.33. The molecule has 0 radical (unpaired) electrons. The molecule has 1 aliphatic rings. The molecule has 0 N–H and O–H groups in total. The van der Waals surface area contributed by atoms with Crippen molar-refractivity contribution < 1.29 is 0 Å². The monoisotopic (exact) mass is 343 g/mol. The molecular weight excluding hydrogens is 322 g/mol. The summed E-state index contributed by atoms with van der Waals surface area (Å²) in [6.07, 6.45) is 2.12. The van der Waals surface area contributed by atoms with Gasteiger partial charge in [-0.25, -0.2) is 9.67 Å². The number of benzene rings is 2. The number of rotatable bonds is 2. The topological polar surface area (TPSA) is 37.2 Å². The normalized spacial score (nSPS) is 15.8. The van der Waals surface area contributed by atoms with Crippen LogP contribution in [-0.4, -0.2) is 52.9 Å². The Morgan fingerprint density at radius 2 is 1.54 bits per heavy atom. The SMILES string of the molecule is CN1CCN(c2nc3ccccc3c3nn(-c4ccccc4)cc23)CC1. The van der Waals surface area contributed by atoms with E-state index in [-0.39, 0.29) is 0 Å². The van der Waals surface area contributed by atoms with Crippen LogP contribution in [0.4, 0.5) is 5.82 Å². The molecule has 130 valence electrons. The van der Waals surface area contributed by atoms with Crippen molar-refractivity contribution in [2.24, 2.45) is 0 Å². The fourth-order valence-corrected chi connectivity index (χ4v) is 3.65. The van der Waals surface area contributed by atoms with Gasteiger partial charge in [0.1, 0.15) is 11.3 Å². The fourth-order valence-electron chi connectivity index (χ4n) is 3.65. The Morgan fingerprint density at radius 3 is 2.35 bits per heavy atom. The highest BCUT2D eigenvalue weighted by Gasteiger charge is 2.21. The quantitative estimate of drug-likeness (QED) is 0.559. The van der Waals surface area contributed by atoms with Gasteiger partial charge in [-0.15, -0.1) is 0 Å². The fraction of sp³-hybridized carbons (Fsp3) is 0.238. The zero-order valence-electron chi connectivity index (χ0n) is 14.8. The van der Waals surface area contributed by atoms with Gasteiger partial charge in [0.2, 0.25) is 0 Å². The molecule has 0 atom stereocenters. The summed E-state index contributed by atoms with van der Waals surface area (Å²) in [6, 6.07) is 18.6. The van der Waals surface area contributed by atoms with Gasteiger partial charge in [-0.3, -0.25) is 0 Å². The van der Waals surface area contributed by atoms with E-state index in [1.54, 1.807) is 0 Å². The van der Waals surface area contributed by atoms with Gasteiger partial charge in [0, 0.05) is 37.8 Å². The Kier molecular flexibility index (Phi) is 3.60. The molecule has 0 bridgehead atoms. The Labute approximate surface area is 152 Å². The molecule has 26 heavy (non-hydrogen) atoms. The Balaban J connectivity index is 1.73. The summed E-state index contributed by atoms with van der Waals surface area (Å²) in [4.78, 5) is 9.77. The summed E-state index contributed by atoms with van der Waals surface area (Å²) in [5.74, 6) is 1.05. The number of aromatic nitrogens is 3. The van der Waals surface area contributed by atoms with Crippen LogP contribution in [0.3, 0.4) is 0 Å². The third-order valence-corrected chi connectivity index (χ3v) is 5.16. The van der Waals surface area contributed by atoms with Crippen LogP contribution < -0.4 is 4.90 Å². The van der Waals surface area contributed by atoms with Crippen molar-refractivity contribution in [2.45, 2.75) is 0 Å². The van der Waals surface area contributed by atoms with Gasteiger partial charge >= 0.3 is 0 Å². The molecular formula is C21H21N5. The molecule has 2 aromatic carbocycles. The molecule has 2 aromatic heterocycles. The number of para-hydroxylation sites is 2. The van der Waals surface area contributed by atoms with Crippen molar-refractivity contribution in [2.75, 3.05) is 38.1 Å². The minimum Gasteiger partial charge on any atom is -0.353 e. The Bertz CT molecular complexity index is 1060. The van der Waals surface area contributed by atoms with Crippen LogP contribution in [0.1, 0.15) is 0 Å². The highest BCUT2D eigenvalue weighted by atomic mass is 15.3. The molecule has 3 heterocycles. The predicted molar refractivity (Wildman–Crippen MR) is 106 cm³/mol. The third kappa shape index (κ3) is 2.52. The maximum Gasteiger partial charge on any atom is 0.140 e. The number of hydrogen-bond acceptors (Lipinski definition) is 4. The van der Waals surface area contributed by atoms with Crippen LogP contribution in [0.15, 0.2) is 60.8 Å². The summed E-state index contributed by atoms with van der Waals surface area (Å²) >= 11 is 0. The number of piperazine rings is 1. The molecule has 5 heteroatoms. The van der Waals surface area contributed by atoms with Crippen molar-refractivity contribution >= 4 is 27.6 Å². The van der Waals surface area contributed by atoms with Crippen molar-refractivity contribution in [3.8, 4) is 5.69 Å². The van der Waals surface area contributed by atoms with E-state index >= 15 is 0 Å². The van der Waals surface area contributed by atoms with Gasteiger partial charge in [0.15, 0.2) is 0 Å². The van der Waals surface area contributed by atoms with Gasteiger partial charge in [0.25, 0.3) is 0 Å². The van der Waals surface area contributed by atoms with Gasteiger partial charge in [-0.2, -0.15) is 5.10 Å². The highest BCUT2D eigenvalue weighted by Crippen LogP contribution is 2.31. The lowest BCUT2D eigenvalue weighted by atomic mass is 10.1. The van der Waals surface area contributed by atoms with Crippen molar-refractivity contribution in [3.05, 3.63) is 60.8 Å². The van der Waals surface area contributed by atoms with E-state index in [0.717, 1.165) is 59.5 Å². The first-order valence-electron chi connectivity index (χ1n) is 9.07. The third-order valence-electron chi connectivity index (χ3n) is 5.16. The Morgan fingerprint density at radius 1 is 0.808 bits per heavy atom. The lowest BCUT2D eigenvalue weighted by Crippen LogP contribution is -2.44. The second-order valence-corrected chi connectivity index (χ2v) is 6.91. The molecule has 1 aliphatic heterocycles. The van der Waals surface area contributed by atoms with E-state index < -0.39 is 0 Å². The van der Waals surface area contributed by atoms with E-state index in [4.69, 9.17) is 10.1 Å². The van der Waals surface area contributed by atoms with Gasteiger partial charge in [0.05, 0.1) is 16.6 Å². The van der Waals surface area contributed by atoms with E-state index in [1.165, 1.54) is 0 Å². The smallest absolute Gasteiger partial charge is 0.140 e. The molecule has 5 nitrogen and oxygen atoms in total. The lowest BCUT2D eigenvalue weighted by molar-refractivity contribution is 0.312. The first-order chi connectivity index (χ1) is 12.8. The van der Waals surface area contributed by atoms with Crippen molar-refractivity contribution in [1.82, 2.24) is 19.7 Å². The van der Waals surface area contributed by atoms with Crippen molar-refractivity contribution in [3.63, 3.8) is 0 Å². The average molecular weight is 343 g/mol. The second kappa shape index (κ2) is 6.11. The summed E-state index contributed by atoms with van der Waals surface area (Å²) < 4.78 is 1.97. The minimum absolute atomic E-state index is 0.994. The number of likely N-dealkylation sites (N-methyl/N-ethyl adjacent to an activating group) is 1. The molecule has 0 aliphatic carbocycles. The highest BCUT2D eigenvalue weighted by molar-refractivity contribution is 6.08. The van der Waals surface area contributed by atoms with E-state index in [9.17, 15) is 0 Å². The van der Waals surface area contributed by atoms with E-state index in [2.05, 4.69) is 53.4 Å². The largest absolute Gasteiger partial charge is 0.353 e.